The van der Waals surface area contributed by atoms with Crippen molar-refractivity contribution in [1.29, 1.82) is 0 Å². The highest BCUT2D eigenvalue weighted by Crippen LogP contribution is 2.45. The SMILES string of the molecule is CCCN1CCN(C(=O)C2CC3(CCNCC3)Oc3ccccc32)CC1. The summed E-state index contributed by atoms with van der Waals surface area (Å²) in [6.07, 6.45) is 3.96. The van der Waals surface area contributed by atoms with Crippen LogP contribution in [-0.4, -0.2) is 67.1 Å². The molecule has 5 heteroatoms. The van der Waals surface area contributed by atoms with Crippen LogP contribution in [0.15, 0.2) is 24.3 Å². The second-order valence-corrected chi connectivity index (χ2v) is 8.00. The fourth-order valence-corrected chi connectivity index (χ4v) is 4.76. The zero-order valence-electron chi connectivity index (χ0n) is 15.9. The van der Waals surface area contributed by atoms with Crippen LogP contribution >= 0.6 is 0 Å². The summed E-state index contributed by atoms with van der Waals surface area (Å²) in [7, 11) is 0. The van der Waals surface area contributed by atoms with E-state index in [0.717, 1.165) is 76.4 Å². The van der Waals surface area contributed by atoms with Gasteiger partial charge in [-0.05, 0) is 45.0 Å². The van der Waals surface area contributed by atoms with Gasteiger partial charge in [-0.25, -0.2) is 0 Å². The molecule has 5 nitrogen and oxygen atoms in total. The Morgan fingerprint density at radius 2 is 1.92 bits per heavy atom. The van der Waals surface area contributed by atoms with Crippen molar-refractivity contribution in [3.8, 4) is 5.75 Å². The van der Waals surface area contributed by atoms with Crippen LogP contribution < -0.4 is 10.1 Å². The number of carbonyl (C=O) groups excluding carboxylic acids is 1. The first kappa shape index (κ1) is 17.8. The summed E-state index contributed by atoms with van der Waals surface area (Å²) in [5.74, 6) is 1.16. The predicted octanol–water partition coefficient (Wildman–Crippen LogP) is 2.23. The summed E-state index contributed by atoms with van der Waals surface area (Å²) < 4.78 is 6.46. The van der Waals surface area contributed by atoms with E-state index in [1.165, 1.54) is 6.42 Å². The Labute approximate surface area is 156 Å². The molecule has 4 rings (SSSR count). The molecule has 0 aliphatic carbocycles. The minimum atomic E-state index is -0.177. The van der Waals surface area contributed by atoms with E-state index < -0.39 is 0 Å². The molecule has 2 saturated heterocycles. The number of hydrogen-bond acceptors (Lipinski definition) is 4. The number of benzene rings is 1. The normalized spacial score (nSPS) is 25.6. The lowest BCUT2D eigenvalue weighted by Gasteiger charge is -2.45. The summed E-state index contributed by atoms with van der Waals surface area (Å²) in [4.78, 5) is 18.0. The van der Waals surface area contributed by atoms with E-state index in [0.29, 0.717) is 5.91 Å². The fourth-order valence-electron chi connectivity index (χ4n) is 4.76. The molecule has 3 aliphatic heterocycles. The van der Waals surface area contributed by atoms with Crippen LogP contribution in [0, 0.1) is 0 Å². The molecule has 1 amide bonds. The van der Waals surface area contributed by atoms with Crippen LogP contribution in [0.4, 0.5) is 0 Å². The molecular weight excluding hydrogens is 326 g/mol. The number of carbonyl (C=O) groups is 1. The zero-order chi connectivity index (χ0) is 18.0. The van der Waals surface area contributed by atoms with E-state index in [1.54, 1.807) is 0 Å². The first-order valence-electron chi connectivity index (χ1n) is 10.2. The van der Waals surface area contributed by atoms with Crippen molar-refractivity contribution in [2.75, 3.05) is 45.8 Å². The highest BCUT2D eigenvalue weighted by atomic mass is 16.5. The third-order valence-corrected chi connectivity index (χ3v) is 6.23. The molecular formula is C21H31N3O2. The number of ether oxygens (including phenoxy) is 1. The van der Waals surface area contributed by atoms with Gasteiger partial charge in [0.15, 0.2) is 0 Å². The topological polar surface area (TPSA) is 44.8 Å². The predicted molar refractivity (Wildman–Crippen MR) is 103 cm³/mol. The van der Waals surface area contributed by atoms with Crippen molar-refractivity contribution in [1.82, 2.24) is 15.1 Å². The van der Waals surface area contributed by atoms with Gasteiger partial charge in [0.1, 0.15) is 11.4 Å². The van der Waals surface area contributed by atoms with Crippen molar-refractivity contribution in [3.05, 3.63) is 29.8 Å². The van der Waals surface area contributed by atoms with Gasteiger partial charge in [-0.3, -0.25) is 9.69 Å². The summed E-state index contributed by atoms with van der Waals surface area (Å²) in [5.41, 5.74) is 0.905. The second kappa shape index (κ2) is 7.57. The first-order chi connectivity index (χ1) is 12.7. The van der Waals surface area contributed by atoms with Crippen molar-refractivity contribution < 1.29 is 9.53 Å². The molecule has 3 heterocycles. The van der Waals surface area contributed by atoms with Gasteiger partial charge >= 0.3 is 0 Å². The van der Waals surface area contributed by atoms with Gasteiger partial charge in [-0.15, -0.1) is 0 Å². The van der Waals surface area contributed by atoms with Gasteiger partial charge in [-0.2, -0.15) is 0 Å². The quantitative estimate of drug-likeness (QED) is 0.901. The van der Waals surface area contributed by atoms with E-state index >= 15 is 0 Å². The molecule has 0 bridgehead atoms. The Kier molecular flexibility index (Phi) is 5.18. The van der Waals surface area contributed by atoms with Crippen LogP contribution in [0.1, 0.15) is 44.1 Å². The number of hydrogen-bond donors (Lipinski definition) is 1. The molecule has 0 radical (unpaired) electrons. The van der Waals surface area contributed by atoms with Crippen molar-refractivity contribution in [2.45, 2.75) is 44.1 Å². The van der Waals surface area contributed by atoms with Crippen LogP contribution in [-0.2, 0) is 4.79 Å². The molecule has 1 aromatic carbocycles. The Bertz CT molecular complexity index is 634. The largest absolute Gasteiger partial charge is 0.487 e. The average molecular weight is 357 g/mol. The Morgan fingerprint density at radius 3 is 2.65 bits per heavy atom. The molecule has 0 aromatic heterocycles. The van der Waals surface area contributed by atoms with Gasteiger partial charge < -0.3 is 15.0 Å². The lowest BCUT2D eigenvalue weighted by Crippen LogP contribution is -2.53. The van der Waals surface area contributed by atoms with Gasteiger partial charge in [0, 0.05) is 38.2 Å². The summed E-state index contributed by atoms with van der Waals surface area (Å²) in [6.45, 7) is 9.00. The molecule has 0 saturated carbocycles. The maximum Gasteiger partial charge on any atom is 0.230 e. The van der Waals surface area contributed by atoms with Crippen molar-refractivity contribution in [2.24, 2.45) is 0 Å². The molecule has 2 fully saturated rings. The summed E-state index contributed by atoms with van der Waals surface area (Å²) in [5, 5.41) is 3.42. The van der Waals surface area contributed by atoms with Crippen LogP contribution in [0.3, 0.4) is 0 Å². The minimum Gasteiger partial charge on any atom is -0.487 e. The van der Waals surface area contributed by atoms with Crippen LogP contribution in [0.2, 0.25) is 0 Å². The number of rotatable bonds is 3. The average Bonchev–Trinajstić information content (AvgIpc) is 2.68. The number of piperazine rings is 1. The van der Waals surface area contributed by atoms with E-state index in [2.05, 4.69) is 28.1 Å². The number of fused-ring (bicyclic) bond motifs is 1. The maximum absolute atomic E-state index is 13.4. The summed E-state index contributed by atoms with van der Waals surface area (Å²) in [6, 6.07) is 8.17. The van der Waals surface area contributed by atoms with E-state index in [-0.39, 0.29) is 11.5 Å². The Hall–Kier alpha value is -1.59. The van der Waals surface area contributed by atoms with Crippen molar-refractivity contribution >= 4 is 5.91 Å². The van der Waals surface area contributed by atoms with Gasteiger partial charge in [0.2, 0.25) is 5.91 Å². The third kappa shape index (κ3) is 3.47. The van der Waals surface area contributed by atoms with Gasteiger partial charge in [0.05, 0.1) is 5.92 Å². The first-order valence-corrected chi connectivity index (χ1v) is 10.2. The maximum atomic E-state index is 13.4. The molecule has 3 aliphatic rings. The monoisotopic (exact) mass is 357 g/mol. The number of nitrogens with zero attached hydrogens (tertiary/aromatic N) is 2. The molecule has 142 valence electrons. The number of para-hydroxylation sites is 1. The highest BCUT2D eigenvalue weighted by Gasteiger charge is 2.45. The lowest BCUT2D eigenvalue weighted by molar-refractivity contribution is -0.137. The van der Waals surface area contributed by atoms with E-state index in [4.69, 9.17) is 4.74 Å². The molecule has 1 aromatic rings. The fraction of sp³-hybridized carbons (Fsp3) is 0.667. The molecule has 1 unspecified atom stereocenters. The molecule has 26 heavy (non-hydrogen) atoms. The zero-order valence-corrected chi connectivity index (χ0v) is 15.9. The summed E-state index contributed by atoms with van der Waals surface area (Å²) >= 11 is 0. The molecule has 1 spiro atoms. The third-order valence-electron chi connectivity index (χ3n) is 6.23. The molecule has 1 atom stereocenters. The van der Waals surface area contributed by atoms with Crippen LogP contribution in [0.5, 0.6) is 5.75 Å². The smallest absolute Gasteiger partial charge is 0.230 e. The Morgan fingerprint density at radius 1 is 1.19 bits per heavy atom. The second-order valence-electron chi connectivity index (χ2n) is 8.00. The van der Waals surface area contributed by atoms with E-state index in [9.17, 15) is 4.79 Å². The number of amides is 1. The van der Waals surface area contributed by atoms with Gasteiger partial charge in [0.25, 0.3) is 0 Å². The number of piperidine rings is 1. The van der Waals surface area contributed by atoms with E-state index in [1.807, 2.05) is 18.2 Å². The van der Waals surface area contributed by atoms with Gasteiger partial charge in [-0.1, -0.05) is 25.1 Å². The van der Waals surface area contributed by atoms with Crippen molar-refractivity contribution in [3.63, 3.8) is 0 Å². The minimum absolute atomic E-state index is 0.0595. The van der Waals surface area contributed by atoms with Crippen LogP contribution in [0.25, 0.3) is 0 Å². The number of nitrogens with one attached hydrogen (secondary N) is 1. The highest BCUT2D eigenvalue weighted by molar-refractivity contribution is 5.85. The molecule has 1 N–H and O–H groups in total. The standard InChI is InChI=1S/C21H31N3O2/c1-2-11-23-12-14-24(15-13-23)20(25)18-16-21(7-9-22-10-8-21)26-19-6-4-3-5-17(18)19/h3-6,18,22H,2,7-16H2,1H3. The lowest BCUT2D eigenvalue weighted by atomic mass is 9.77. The Balaban J connectivity index is 1.53.